The molecule has 1 unspecified atom stereocenters. The van der Waals surface area contributed by atoms with Crippen molar-refractivity contribution in [2.75, 3.05) is 13.2 Å². The van der Waals surface area contributed by atoms with E-state index in [4.69, 9.17) is 5.11 Å². The fourth-order valence-electron chi connectivity index (χ4n) is 1.21. The second-order valence-corrected chi connectivity index (χ2v) is 5.75. The lowest BCUT2D eigenvalue weighted by Gasteiger charge is -2.10. The minimum absolute atomic E-state index is 0.0963. The van der Waals surface area contributed by atoms with Crippen molar-refractivity contribution in [3.63, 3.8) is 0 Å². The molecule has 7 nitrogen and oxygen atoms in total. The molecular formula is C10H13FN2O5S. The van der Waals surface area contributed by atoms with Gasteiger partial charge >= 0.3 is 0 Å². The molecule has 106 valence electrons. The van der Waals surface area contributed by atoms with Crippen LogP contribution in [0.3, 0.4) is 0 Å². The van der Waals surface area contributed by atoms with Gasteiger partial charge in [0.1, 0.15) is 10.7 Å². The van der Waals surface area contributed by atoms with Gasteiger partial charge in [-0.25, -0.2) is 17.5 Å². The summed E-state index contributed by atoms with van der Waals surface area (Å²) in [6, 6.07) is 2.26. The number of sulfonamides is 1. The van der Waals surface area contributed by atoms with Crippen LogP contribution >= 0.6 is 0 Å². The van der Waals surface area contributed by atoms with Gasteiger partial charge < -0.3 is 5.11 Å². The van der Waals surface area contributed by atoms with Crippen LogP contribution in [0.2, 0.25) is 0 Å². The Bertz CT molecular complexity index is 575. The summed E-state index contributed by atoms with van der Waals surface area (Å²) in [7, 11) is -4.19. The normalized spacial score (nSPS) is 13.2. The molecule has 0 aliphatic rings. The Morgan fingerprint density at radius 1 is 1.53 bits per heavy atom. The number of nitro benzene ring substituents is 1. The van der Waals surface area contributed by atoms with Gasteiger partial charge in [0.25, 0.3) is 5.69 Å². The van der Waals surface area contributed by atoms with Crippen LogP contribution in [-0.4, -0.2) is 31.6 Å². The zero-order valence-corrected chi connectivity index (χ0v) is 10.9. The summed E-state index contributed by atoms with van der Waals surface area (Å²) in [5.41, 5.74) is -0.517. The third-order valence-corrected chi connectivity index (χ3v) is 3.79. The molecule has 1 rings (SSSR count). The van der Waals surface area contributed by atoms with Gasteiger partial charge in [-0.2, -0.15) is 0 Å². The minimum atomic E-state index is -4.19. The molecule has 2 N–H and O–H groups in total. The molecule has 1 atom stereocenters. The van der Waals surface area contributed by atoms with E-state index in [9.17, 15) is 22.9 Å². The highest BCUT2D eigenvalue weighted by molar-refractivity contribution is 7.89. The Hall–Kier alpha value is -1.58. The molecule has 19 heavy (non-hydrogen) atoms. The highest BCUT2D eigenvalue weighted by Gasteiger charge is 2.22. The molecule has 0 saturated carbocycles. The SMILES string of the molecule is CC(CO)CNS(=O)(=O)c1cc([N+](=O)[O-])ccc1F. The number of aliphatic hydroxyl groups is 1. The average Bonchev–Trinajstić information content (AvgIpc) is 2.36. The molecule has 0 amide bonds. The number of halogens is 1. The second kappa shape index (κ2) is 6.04. The van der Waals surface area contributed by atoms with E-state index in [1.807, 2.05) is 0 Å². The summed E-state index contributed by atoms with van der Waals surface area (Å²) in [6.07, 6.45) is 0. The first kappa shape index (κ1) is 15.5. The van der Waals surface area contributed by atoms with Crippen molar-refractivity contribution in [2.24, 2.45) is 5.92 Å². The van der Waals surface area contributed by atoms with Gasteiger partial charge in [0.15, 0.2) is 0 Å². The van der Waals surface area contributed by atoms with E-state index in [1.54, 1.807) is 6.92 Å². The van der Waals surface area contributed by atoms with E-state index in [1.165, 1.54) is 0 Å². The molecule has 0 fully saturated rings. The van der Waals surface area contributed by atoms with Crippen molar-refractivity contribution >= 4 is 15.7 Å². The number of aliphatic hydroxyl groups excluding tert-OH is 1. The van der Waals surface area contributed by atoms with E-state index < -0.39 is 31.3 Å². The lowest BCUT2D eigenvalue weighted by molar-refractivity contribution is -0.385. The maximum absolute atomic E-state index is 13.4. The van der Waals surface area contributed by atoms with Crippen LogP contribution in [0.4, 0.5) is 10.1 Å². The third kappa shape index (κ3) is 3.94. The van der Waals surface area contributed by atoms with Crippen LogP contribution in [0, 0.1) is 21.8 Å². The van der Waals surface area contributed by atoms with Crippen molar-refractivity contribution in [1.29, 1.82) is 0 Å². The lowest BCUT2D eigenvalue weighted by Crippen LogP contribution is -2.30. The number of hydrogen-bond donors (Lipinski definition) is 2. The zero-order valence-electron chi connectivity index (χ0n) is 10.0. The fourth-order valence-corrected chi connectivity index (χ4v) is 2.47. The summed E-state index contributed by atoms with van der Waals surface area (Å²) in [5, 5.41) is 19.3. The molecule has 0 aromatic heterocycles. The summed E-state index contributed by atoms with van der Waals surface area (Å²) in [6.45, 7) is 1.26. The van der Waals surface area contributed by atoms with E-state index in [2.05, 4.69) is 4.72 Å². The Morgan fingerprint density at radius 2 is 2.16 bits per heavy atom. The number of hydrogen-bond acceptors (Lipinski definition) is 5. The van der Waals surface area contributed by atoms with Gasteiger partial charge in [0.2, 0.25) is 10.0 Å². The second-order valence-electron chi connectivity index (χ2n) is 4.01. The number of rotatable bonds is 6. The van der Waals surface area contributed by atoms with Crippen molar-refractivity contribution in [3.8, 4) is 0 Å². The van der Waals surface area contributed by atoms with Crippen LogP contribution in [0.15, 0.2) is 23.1 Å². The molecule has 0 heterocycles. The van der Waals surface area contributed by atoms with Gasteiger partial charge in [-0.05, 0) is 12.0 Å². The van der Waals surface area contributed by atoms with E-state index in [-0.39, 0.29) is 19.1 Å². The summed E-state index contributed by atoms with van der Waals surface area (Å²) >= 11 is 0. The summed E-state index contributed by atoms with van der Waals surface area (Å²) in [4.78, 5) is 8.94. The fraction of sp³-hybridized carbons (Fsp3) is 0.400. The van der Waals surface area contributed by atoms with Crippen molar-refractivity contribution in [3.05, 3.63) is 34.1 Å². The van der Waals surface area contributed by atoms with Crippen LogP contribution in [0.25, 0.3) is 0 Å². The maximum Gasteiger partial charge on any atom is 0.270 e. The molecule has 0 aliphatic carbocycles. The average molecular weight is 292 g/mol. The molecule has 0 spiro atoms. The maximum atomic E-state index is 13.4. The predicted molar refractivity (Wildman–Crippen MR) is 64.5 cm³/mol. The minimum Gasteiger partial charge on any atom is -0.396 e. The predicted octanol–water partition coefficient (Wildman–Crippen LogP) is 0.641. The molecular weight excluding hydrogens is 279 g/mol. The standard InChI is InChI=1S/C10H13FN2O5S/c1-7(6-14)5-12-19(17,18)10-4-8(13(15)16)2-3-9(10)11/h2-4,7,12,14H,5-6H2,1H3. The summed E-state index contributed by atoms with van der Waals surface area (Å²) in [5.74, 6) is -1.42. The first-order chi connectivity index (χ1) is 8.77. The van der Waals surface area contributed by atoms with Crippen molar-refractivity contribution < 1.29 is 22.8 Å². The molecule has 0 bridgehead atoms. The Balaban J connectivity index is 3.06. The van der Waals surface area contributed by atoms with Crippen LogP contribution in [0.1, 0.15) is 6.92 Å². The molecule has 0 saturated heterocycles. The lowest BCUT2D eigenvalue weighted by atomic mass is 10.2. The molecule has 0 aliphatic heterocycles. The topological polar surface area (TPSA) is 110 Å². The highest BCUT2D eigenvalue weighted by Crippen LogP contribution is 2.20. The number of nitrogens with zero attached hydrogens (tertiary/aromatic N) is 1. The first-order valence-corrected chi connectivity index (χ1v) is 6.80. The number of non-ortho nitro benzene ring substituents is 1. The monoisotopic (exact) mass is 292 g/mol. The number of benzene rings is 1. The largest absolute Gasteiger partial charge is 0.396 e. The highest BCUT2D eigenvalue weighted by atomic mass is 32.2. The van der Waals surface area contributed by atoms with Gasteiger partial charge in [-0.1, -0.05) is 6.92 Å². The third-order valence-electron chi connectivity index (χ3n) is 2.35. The van der Waals surface area contributed by atoms with E-state index in [0.29, 0.717) is 6.07 Å². The molecule has 9 heteroatoms. The van der Waals surface area contributed by atoms with Crippen LogP contribution < -0.4 is 4.72 Å². The first-order valence-electron chi connectivity index (χ1n) is 5.32. The molecule has 1 aromatic rings. The van der Waals surface area contributed by atoms with Gasteiger partial charge in [0.05, 0.1) is 4.92 Å². The smallest absolute Gasteiger partial charge is 0.270 e. The van der Waals surface area contributed by atoms with Gasteiger partial charge in [-0.3, -0.25) is 10.1 Å². The molecule has 1 aromatic carbocycles. The number of nitrogens with one attached hydrogen (secondary N) is 1. The van der Waals surface area contributed by atoms with Gasteiger partial charge in [-0.15, -0.1) is 0 Å². The van der Waals surface area contributed by atoms with Crippen LogP contribution in [-0.2, 0) is 10.0 Å². The van der Waals surface area contributed by atoms with E-state index in [0.717, 1.165) is 12.1 Å². The Kier molecular flexibility index (Phi) is 4.92. The van der Waals surface area contributed by atoms with Crippen LogP contribution in [0.5, 0.6) is 0 Å². The van der Waals surface area contributed by atoms with Gasteiger partial charge in [0, 0.05) is 25.3 Å². The zero-order chi connectivity index (χ0) is 14.6. The molecule has 0 radical (unpaired) electrons. The van der Waals surface area contributed by atoms with Crippen molar-refractivity contribution in [2.45, 2.75) is 11.8 Å². The quantitative estimate of drug-likeness (QED) is 0.590. The Morgan fingerprint density at radius 3 is 2.68 bits per heavy atom. The Labute approximate surface area is 109 Å². The number of nitro groups is 1. The summed E-state index contributed by atoms with van der Waals surface area (Å²) < 4.78 is 39.1. The van der Waals surface area contributed by atoms with Crippen molar-refractivity contribution in [1.82, 2.24) is 4.72 Å². The van der Waals surface area contributed by atoms with E-state index >= 15 is 0 Å².